The number of sulfone groups is 1. The number of hydrogen-bond acceptors (Lipinski definition) is 4. The number of hydrogen-bond donors (Lipinski definition) is 0. The van der Waals surface area contributed by atoms with Crippen molar-refractivity contribution < 1.29 is 13.2 Å². The zero-order chi connectivity index (χ0) is 16.5. The molecule has 0 fully saturated rings. The zero-order valence-electron chi connectivity index (χ0n) is 13.2. The normalized spacial score (nSPS) is 13.2. The highest BCUT2D eigenvalue weighted by molar-refractivity contribution is 7.90. The number of nitrogens with zero attached hydrogens (tertiary/aromatic N) is 2. The second-order valence-corrected chi connectivity index (χ2v) is 8.57. The van der Waals surface area contributed by atoms with E-state index < -0.39 is 9.84 Å². The van der Waals surface area contributed by atoms with Crippen LogP contribution in [0.3, 0.4) is 0 Å². The molecule has 22 heavy (non-hydrogen) atoms. The average molecular weight is 340 g/mol. The lowest BCUT2D eigenvalue weighted by molar-refractivity contribution is -0.120. The van der Waals surface area contributed by atoms with E-state index in [0.29, 0.717) is 4.80 Å². The average Bonchev–Trinajstić information content (AvgIpc) is 2.75. The zero-order valence-corrected chi connectivity index (χ0v) is 14.8. The molecule has 0 saturated carbocycles. The van der Waals surface area contributed by atoms with Crippen LogP contribution < -0.4 is 4.80 Å². The van der Waals surface area contributed by atoms with Gasteiger partial charge in [-0.1, -0.05) is 32.1 Å². The van der Waals surface area contributed by atoms with E-state index in [1.807, 2.05) is 18.4 Å². The first-order chi connectivity index (χ1) is 10.2. The van der Waals surface area contributed by atoms with Crippen LogP contribution in [0.5, 0.6) is 0 Å². The predicted molar refractivity (Wildman–Crippen MR) is 88.6 cm³/mol. The number of carbonyl (C=O) groups is 1. The van der Waals surface area contributed by atoms with Crippen molar-refractivity contribution >= 4 is 37.3 Å². The van der Waals surface area contributed by atoms with Crippen LogP contribution in [-0.4, -0.2) is 25.1 Å². The van der Waals surface area contributed by atoms with Crippen LogP contribution in [0.4, 0.5) is 0 Å². The number of fused-ring (bicyclic) bond motifs is 1. The molecule has 1 aromatic carbocycles. The van der Waals surface area contributed by atoms with Gasteiger partial charge < -0.3 is 4.57 Å². The molecule has 1 heterocycles. The summed E-state index contributed by atoms with van der Waals surface area (Å²) in [4.78, 5) is 17.0. The van der Waals surface area contributed by atoms with Gasteiger partial charge in [0.15, 0.2) is 14.6 Å². The summed E-state index contributed by atoms with van der Waals surface area (Å²) in [5.41, 5.74) is 0.912. The minimum atomic E-state index is -3.25. The molecule has 0 spiro atoms. The van der Waals surface area contributed by atoms with Gasteiger partial charge in [0.1, 0.15) is 0 Å². The van der Waals surface area contributed by atoms with E-state index in [2.05, 4.69) is 11.9 Å². The van der Waals surface area contributed by atoms with Crippen molar-refractivity contribution in [3.05, 3.63) is 23.0 Å². The summed E-state index contributed by atoms with van der Waals surface area (Å²) in [5, 5.41) is 0. The van der Waals surface area contributed by atoms with Gasteiger partial charge in [-0.15, -0.1) is 0 Å². The molecule has 0 aliphatic rings. The Labute approximate surface area is 134 Å². The number of amides is 1. The Morgan fingerprint density at radius 1 is 1.36 bits per heavy atom. The number of rotatable bonds is 4. The summed E-state index contributed by atoms with van der Waals surface area (Å²) >= 11 is 1.35. The van der Waals surface area contributed by atoms with E-state index in [4.69, 9.17) is 0 Å². The highest BCUT2D eigenvalue weighted by Crippen LogP contribution is 2.22. The third kappa shape index (κ3) is 3.47. The molecule has 2 rings (SSSR count). The number of carbonyl (C=O) groups excluding carboxylic acids is 1. The first-order valence-electron chi connectivity index (χ1n) is 7.16. The molecule has 7 heteroatoms. The van der Waals surface area contributed by atoms with Gasteiger partial charge in [-0.25, -0.2) is 8.42 Å². The Bertz CT molecular complexity index is 874. The number of benzene rings is 1. The molecule has 0 N–H and O–H groups in total. The van der Waals surface area contributed by atoms with Crippen LogP contribution in [0, 0.1) is 5.92 Å². The van der Waals surface area contributed by atoms with E-state index in [1.54, 1.807) is 18.2 Å². The minimum Gasteiger partial charge on any atom is -0.316 e. The van der Waals surface area contributed by atoms with E-state index in [0.717, 1.165) is 23.2 Å². The maximum Gasteiger partial charge on any atom is 0.250 e. The largest absolute Gasteiger partial charge is 0.316 e. The molecule has 0 bridgehead atoms. The number of thiazole rings is 1. The van der Waals surface area contributed by atoms with Crippen molar-refractivity contribution in [1.29, 1.82) is 0 Å². The molecular weight excluding hydrogens is 320 g/mol. The predicted octanol–water partition coefficient (Wildman–Crippen LogP) is 2.60. The summed E-state index contributed by atoms with van der Waals surface area (Å²) in [5.74, 6) is -0.327. The summed E-state index contributed by atoms with van der Waals surface area (Å²) in [6, 6.07) is 5.04. The van der Waals surface area contributed by atoms with Crippen molar-refractivity contribution in [2.45, 2.75) is 38.6 Å². The molecule has 1 aromatic heterocycles. The smallest absolute Gasteiger partial charge is 0.250 e. The number of aryl methyl sites for hydroxylation is 1. The third-order valence-corrected chi connectivity index (χ3v) is 5.38. The van der Waals surface area contributed by atoms with Crippen LogP contribution in [0.15, 0.2) is 28.1 Å². The van der Waals surface area contributed by atoms with Crippen molar-refractivity contribution in [3.8, 4) is 0 Å². The molecule has 120 valence electrons. The molecule has 0 unspecified atom stereocenters. The highest BCUT2D eigenvalue weighted by Gasteiger charge is 2.13. The SMILES string of the molecule is CCCn1c(=NC(=O)C(C)C)sc2cc(S(C)(=O)=O)ccc21. The summed E-state index contributed by atoms with van der Waals surface area (Å²) in [7, 11) is -3.25. The van der Waals surface area contributed by atoms with Gasteiger partial charge in [-0.2, -0.15) is 4.99 Å². The van der Waals surface area contributed by atoms with Crippen LogP contribution in [0.25, 0.3) is 10.2 Å². The van der Waals surface area contributed by atoms with E-state index in [-0.39, 0.29) is 16.7 Å². The molecule has 0 aliphatic heterocycles. The van der Waals surface area contributed by atoms with Gasteiger partial charge in [-0.05, 0) is 24.6 Å². The van der Waals surface area contributed by atoms with E-state index in [9.17, 15) is 13.2 Å². The Kier molecular flexibility index (Phi) is 4.87. The Morgan fingerprint density at radius 3 is 2.59 bits per heavy atom. The fourth-order valence-corrected chi connectivity index (χ4v) is 3.86. The van der Waals surface area contributed by atoms with E-state index >= 15 is 0 Å². The topological polar surface area (TPSA) is 68.5 Å². The molecular formula is C15H20N2O3S2. The fraction of sp³-hybridized carbons (Fsp3) is 0.467. The standard InChI is InChI=1S/C15H20N2O3S2/c1-5-8-17-12-7-6-11(22(4,19)20)9-13(12)21-15(17)16-14(18)10(2)3/h6-7,9-10H,5,8H2,1-4H3. The quantitative estimate of drug-likeness (QED) is 0.859. The van der Waals surface area contributed by atoms with Crippen molar-refractivity contribution in [2.75, 3.05) is 6.26 Å². The molecule has 0 radical (unpaired) electrons. The first-order valence-corrected chi connectivity index (χ1v) is 9.87. The van der Waals surface area contributed by atoms with Gasteiger partial charge in [0.25, 0.3) is 5.91 Å². The summed E-state index contributed by atoms with van der Waals surface area (Å²) in [6.45, 7) is 6.41. The van der Waals surface area contributed by atoms with Crippen LogP contribution >= 0.6 is 11.3 Å². The van der Waals surface area contributed by atoms with Gasteiger partial charge >= 0.3 is 0 Å². The molecule has 5 nitrogen and oxygen atoms in total. The van der Waals surface area contributed by atoms with Gasteiger partial charge in [0.2, 0.25) is 0 Å². The van der Waals surface area contributed by atoms with Gasteiger partial charge in [-0.3, -0.25) is 4.79 Å². The molecule has 0 saturated heterocycles. The maximum absolute atomic E-state index is 11.9. The van der Waals surface area contributed by atoms with Gasteiger partial charge in [0.05, 0.1) is 15.1 Å². The third-order valence-electron chi connectivity index (χ3n) is 3.23. The van der Waals surface area contributed by atoms with Crippen molar-refractivity contribution in [1.82, 2.24) is 4.57 Å². The second-order valence-electron chi connectivity index (χ2n) is 5.54. The van der Waals surface area contributed by atoms with Crippen molar-refractivity contribution in [2.24, 2.45) is 10.9 Å². The lowest BCUT2D eigenvalue weighted by atomic mass is 10.2. The highest BCUT2D eigenvalue weighted by atomic mass is 32.2. The van der Waals surface area contributed by atoms with Crippen LogP contribution in [0.1, 0.15) is 27.2 Å². The fourth-order valence-electron chi connectivity index (χ4n) is 2.03. The Morgan fingerprint density at radius 2 is 2.05 bits per heavy atom. The summed E-state index contributed by atoms with van der Waals surface area (Å²) in [6.07, 6.45) is 2.10. The lowest BCUT2D eigenvalue weighted by Gasteiger charge is -2.04. The molecule has 0 aliphatic carbocycles. The van der Waals surface area contributed by atoms with Crippen LogP contribution in [0.2, 0.25) is 0 Å². The minimum absolute atomic E-state index is 0.160. The van der Waals surface area contributed by atoms with Crippen molar-refractivity contribution in [3.63, 3.8) is 0 Å². The molecule has 0 atom stereocenters. The maximum atomic E-state index is 11.9. The van der Waals surface area contributed by atoms with E-state index in [1.165, 1.54) is 17.6 Å². The Balaban J connectivity index is 2.71. The van der Waals surface area contributed by atoms with Gasteiger partial charge in [0, 0.05) is 18.7 Å². The first kappa shape index (κ1) is 16.9. The summed E-state index contributed by atoms with van der Waals surface area (Å²) < 4.78 is 26.2. The monoisotopic (exact) mass is 340 g/mol. The lowest BCUT2D eigenvalue weighted by Crippen LogP contribution is -2.18. The second kappa shape index (κ2) is 6.34. The molecule has 1 amide bonds. The molecule has 2 aromatic rings. The van der Waals surface area contributed by atoms with Crippen LogP contribution in [-0.2, 0) is 21.2 Å². The Hall–Kier alpha value is -1.47. The number of aromatic nitrogens is 1.